The van der Waals surface area contributed by atoms with Crippen molar-refractivity contribution in [3.05, 3.63) is 182 Å². The second-order valence-corrected chi connectivity index (χ2v) is 20.7. The number of nitrogens with zero attached hydrogens (tertiary/aromatic N) is 4. The molecule has 55 heavy (non-hydrogen) atoms. The molecule has 6 aromatic rings. The summed E-state index contributed by atoms with van der Waals surface area (Å²) in [4.78, 5) is 0. The fourth-order valence-corrected chi connectivity index (χ4v) is 14.3. The van der Waals surface area contributed by atoms with Crippen LogP contribution in [0.5, 0.6) is 0 Å². The molecule has 1 radical (unpaired) electrons. The molecule has 0 spiro atoms. The maximum atomic E-state index is 8.03. The van der Waals surface area contributed by atoms with Gasteiger partial charge in [-0.3, -0.25) is 0 Å². The molecule has 6 rings (SSSR count). The fraction of sp³-hybridized carbons (Fsp3) is 0.0909. The summed E-state index contributed by atoms with van der Waals surface area (Å²) in [6.45, 7) is 6.15. The van der Waals surface area contributed by atoms with Gasteiger partial charge in [0.05, 0.1) is 0 Å². The van der Waals surface area contributed by atoms with Crippen molar-refractivity contribution in [3.8, 4) is 0 Å². The van der Waals surface area contributed by atoms with E-state index in [9.17, 15) is 0 Å². The summed E-state index contributed by atoms with van der Waals surface area (Å²) < 4.78 is 8.87. The maximum absolute atomic E-state index is 8.03. The first kappa shape index (κ1) is 46.0. The second-order valence-electron chi connectivity index (χ2n) is 11.4. The van der Waals surface area contributed by atoms with Crippen LogP contribution >= 0.6 is 0 Å². The van der Waals surface area contributed by atoms with Gasteiger partial charge in [-0.2, -0.15) is 0 Å². The minimum atomic E-state index is -1.39. The average molecular weight is 904 g/mol. The molecule has 0 unspecified atom stereocenters. The molecule has 0 amide bonds. The molecule has 6 aromatic carbocycles. The first-order valence-electron chi connectivity index (χ1n) is 17.0. The van der Waals surface area contributed by atoms with Gasteiger partial charge in [-0.1, -0.05) is 20.6 Å². The second kappa shape index (κ2) is 26.6. The van der Waals surface area contributed by atoms with Crippen molar-refractivity contribution in [2.75, 3.05) is 0 Å². The molecule has 0 aliphatic carbocycles. The summed E-state index contributed by atoms with van der Waals surface area (Å²) in [7, 11) is 0. The summed E-state index contributed by atoms with van der Waals surface area (Å²) in [6.07, 6.45) is 0. The van der Waals surface area contributed by atoms with Crippen LogP contribution in [0.15, 0.2) is 203 Å². The van der Waals surface area contributed by atoms with Gasteiger partial charge in [-0.15, -0.1) is 0 Å². The minimum absolute atomic E-state index is 0. The van der Waals surface area contributed by atoms with Crippen molar-refractivity contribution in [1.82, 2.24) is 0 Å². The summed E-state index contributed by atoms with van der Waals surface area (Å²) in [5.41, 5.74) is 1.25. The van der Waals surface area contributed by atoms with Crippen LogP contribution in [0.25, 0.3) is 0 Å². The zero-order valence-electron chi connectivity index (χ0n) is 31.1. The molecular weight excluding hydrogens is 857 g/mol. The van der Waals surface area contributed by atoms with Crippen molar-refractivity contribution in [2.45, 2.75) is 27.7 Å². The Morgan fingerprint density at radius 2 is 0.418 bits per heavy atom. The number of rotatable bonds is 8. The molecule has 11 heteroatoms. The number of hydrogen-bond acceptors (Lipinski definition) is 8. The van der Waals surface area contributed by atoms with Gasteiger partial charge in [0.15, 0.2) is 0 Å². The first-order chi connectivity index (χ1) is 26.3. The zero-order valence-corrected chi connectivity index (χ0v) is 35.9. The molecule has 0 aliphatic heterocycles. The van der Waals surface area contributed by atoms with E-state index >= 15 is 0 Å². The van der Waals surface area contributed by atoms with E-state index in [4.69, 9.17) is 20.8 Å². The van der Waals surface area contributed by atoms with Gasteiger partial charge in [0.2, 0.25) is 0 Å². The standard InChI is InChI=1S/2C18H15As.2C4H8N2O2.Co/c2*1-4-10-16(11-5-1)19(17-12-6-2-7-13-17)18-14-8-3-9-15-18;2*1-3(5-7)4(2)6-8;/h2*1-15H;2*7-8H,1-2H3;/b;;2*5-3-,6-4-;. The van der Waals surface area contributed by atoms with E-state index in [-0.39, 0.29) is 16.8 Å². The molecule has 0 heterocycles. The summed E-state index contributed by atoms with van der Waals surface area (Å²) >= 11 is -2.78. The average Bonchev–Trinajstić information content (AvgIpc) is 3.25. The third-order valence-electron chi connectivity index (χ3n) is 7.73. The molecule has 0 aromatic heterocycles. The van der Waals surface area contributed by atoms with Crippen molar-refractivity contribution in [2.24, 2.45) is 20.6 Å². The fourth-order valence-electron chi connectivity index (χ4n) is 4.65. The Labute approximate surface area is 344 Å². The molecule has 0 saturated heterocycles. The van der Waals surface area contributed by atoms with Gasteiger partial charge in [0.25, 0.3) is 0 Å². The normalized spacial score (nSPS) is 11.5. The van der Waals surface area contributed by atoms with Crippen LogP contribution in [-0.4, -0.2) is 73.0 Å². The molecule has 0 saturated carbocycles. The Kier molecular flexibility index (Phi) is 22.2. The van der Waals surface area contributed by atoms with E-state index in [1.807, 2.05) is 0 Å². The van der Waals surface area contributed by atoms with Gasteiger partial charge in [0.1, 0.15) is 22.8 Å². The molecular formula is C44H46As2CoN4O4. The summed E-state index contributed by atoms with van der Waals surface area (Å²) in [5, 5.41) is 43.3. The summed E-state index contributed by atoms with van der Waals surface area (Å²) in [6, 6.07) is 65.4. The molecule has 0 fully saturated rings. The third-order valence-corrected chi connectivity index (χ3v) is 18.0. The molecule has 285 valence electrons. The van der Waals surface area contributed by atoms with E-state index in [0.717, 1.165) is 0 Å². The third kappa shape index (κ3) is 15.6. The van der Waals surface area contributed by atoms with Crippen LogP contribution < -0.4 is 26.1 Å². The van der Waals surface area contributed by atoms with Gasteiger partial charge >= 0.3 is 237 Å². The number of oxime groups is 4. The summed E-state index contributed by atoms with van der Waals surface area (Å²) in [5.74, 6) is 0. The van der Waals surface area contributed by atoms with Crippen LogP contribution in [0.3, 0.4) is 0 Å². The van der Waals surface area contributed by atoms with Crippen LogP contribution in [0, 0.1) is 0 Å². The van der Waals surface area contributed by atoms with Crippen LogP contribution in [0.1, 0.15) is 27.7 Å². The quantitative estimate of drug-likeness (QED) is 0.0669. The van der Waals surface area contributed by atoms with E-state index in [1.54, 1.807) is 0 Å². The molecule has 0 bridgehead atoms. The Hall–Kier alpha value is -5.18. The van der Waals surface area contributed by atoms with E-state index in [0.29, 0.717) is 22.8 Å². The van der Waals surface area contributed by atoms with Crippen molar-refractivity contribution < 1.29 is 37.6 Å². The molecule has 4 N–H and O–H groups in total. The number of hydrogen-bond donors (Lipinski definition) is 4. The van der Waals surface area contributed by atoms with Crippen LogP contribution in [0.2, 0.25) is 0 Å². The monoisotopic (exact) mass is 903 g/mol. The molecule has 0 aliphatic rings. The van der Waals surface area contributed by atoms with Crippen molar-refractivity contribution >= 4 is 78.3 Å². The Morgan fingerprint density at radius 1 is 0.291 bits per heavy atom. The number of benzene rings is 6. The van der Waals surface area contributed by atoms with Gasteiger partial charge in [-0.25, -0.2) is 0 Å². The predicted octanol–water partition coefficient (Wildman–Crippen LogP) is 5.78. The Bertz CT molecular complexity index is 1670. The van der Waals surface area contributed by atoms with Crippen molar-refractivity contribution in [3.63, 3.8) is 0 Å². The van der Waals surface area contributed by atoms with Gasteiger partial charge in [0, 0.05) is 16.8 Å². The van der Waals surface area contributed by atoms with E-state index in [1.165, 1.54) is 53.8 Å². The van der Waals surface area contributed by atoms with E-state index < -0.39 is 29.3 Å². The Morgan fingerprint density at radius 3 is 0.527 bits per heavy atom. The topological polar surface area (TPSA) is 130 Å². The molecule has 0 atom stereocenters. The van der Waals surface area contributed by atoms with Crippen molar-refractivity contribution in [1.29, 1.82) is 0 Å². The first-order valence-corrected chi connectivity index (χ1v) is 22.6. The van der Waals surface area contributed by atoms with Crippen LogP contribution in [0.4, 0.5) is 0 Å². The van der Waals surface area contributed by atoms with Crippen LogP contribution in [-0.2, 0) is 16.8 Å². The predicted molar refractivity (Wildman–Crippen MR) is 228 cm³/mol. The molecule has 8 nitrogen and oxygen atoms in total. The Balaban J connectivity index is 0.000000273. The van der Waals surface area contributed by atoms with Gasteiger partial charge in [-0.05, 0) is 27.7 Å². The SMILES string of the molecule is CC(=N/O)/C(C)=N\O.CC(=N/O)/C(C)=N\O.[Co].c1ccc([As](c2ccccc2)c2ccccc2)cc1.c1ccc([As](c2ccccc2)c2ccccc2)cc1. The zero-order chi connectivity index (χ0) is 39.0. The van der Waals surface area contributed by atoms with Gasteiger partial charge < -0.3 is 20.8 Å². The van der Waals surface area contributed by atoms with E-state index in [2.05, 4.69) is 203 Å².